The largest absolute Gasteiger partial charge is 0.355 e. The fraction of sp³-hybridized carbons (Fsp3) is 0.375. The van der Waals surface area contributed by atoms with Crippen LogP contribution in [0.4, 0.5) is 11.4 Å². The molecule has 22 heavy (non-hydrogen) atoms. The molecule has 1 unspecified atom stereocenters. The number of hydrogen-bond acceptors (Lipinski definition) is 5. The fourth-order valence-corrected chi connectivity index (χ4v) is 2.79. The van der Waals surface area contributed by atoms with Gasteiger partial charge in [0.25, 0.3) is 0 Å². The van der Waals surface area contributed by atoms with Gasteiger partial charge in [0.05, 0.1) is 17.4 Å². The molecule has 0 bridgehead atoms. The summed E-state index contributed by atoms with van der Waals surface area (Å²) in [5.74, 6) is 1.70. The van der Waals surface area contributed by atoms with Crippen LogP contribution < -0.4 is 10.6 Å². The van der Waals surface area contributed by atoms with Crippen molar-refractivity contribution in [3.8, 4) is 0 Å². The van der Waals surface area contributed by atoms with Gasteiger partial charge in [0.2, 0.25) is 0 Å². The van der Waals surface area contributed by atoms with Gasteiger partial charge in [-0.05, 0) is 31.5 Å². The first-order valence-corrected chi connectivity index (χ1v) is 7.81. The van der Waals surface area contributed by atoms with Crippen LogP contribution in [0.5, 0.6) is 0 Å². The Bertz CT molecular complexity index is 665. The number of benzene rings is 1. The molecule has 1 aromatic rings. The molecule has 2 N–H and O–H groups in total. The number of likely N-dealkylation sites (N-methyl/N-ethyl adjacent to an activating group) is 1. The molecule has 0 aliphatic carbocycles. The Morgan fingerprint density at radius 1 is 1.45 bits per heavy atom. The average Bonchev–Trinajstić information content (AvgIpc) is 2.68. The van der Waals surface area contributed by atoms with Gasteiger partial charge in [-0.1, -0.05) is 17.7 Å². The summed E-state index contributed by atoms with van der Waals surface area (Å²) in [5.41, 5.74) is 7.55. The Balaban J connectivity index is 2.16. The van der Waals surface area contributed by atoms with E-state index in [0.717, 1.165) is 36.0 Å². The van der Waals surface area contributed by atoms with Gasteiger partial charge < -0.3 is 10.6 Å². The van der Waals surface area contributed by atoms with Crippen molar-refractivity contribution in [2.75, 3.05) is 25.0 Å². The molecule has 0 fully saturated rings. The van der Waals surface area contributed by atoms with E-state index in [4.69, 9.17) is 27.3 Å². The van der Waals surface area contributed by atoms with Crippen molar-refractivity contribution in [2.24, 2.45) is 15.7 Å². The summed E-state index contributed by atoms with van der Waals surface area (Å²) in [7, 11) is 1.99. The summed E-state index contributed by atoms with van der Waals surface area (Å²) >= 11 is 6.16. The van der Waals surface area contributed by atoms with Crippen molar-refractivity contribution < 1.29 is 0 Å². The highest BCUT2D eigenvalue weighted by atomic mass is 35.5. The molecule has 0 radical (unpaired) electrons. The number of rotatable bonds is 2. The topological polar surface area (TPSA) is 57.2 Å². The van der Waals surface area contributed by atoms with Crippen LogP contribution >= 0.6 is 11.6 Å². The Kier molecular flexibility index (Phi) is 4.18. The van der Waals surface area contributed by atoms with Gasteiger partial charge in [0.15, 0.2) is 11.7 Å². The summed E-state index contributed by atoms with van der Waals surface area (Å²) in [6.45, 7) is 3.41. The third-order valence-corrected chi connectivity index (χ3v) is 3.99. The van der Waals surface area contributed by atoms with Gasteiger partial charge in [0.1, 0.15) is 0 Å². The number of amidine groups is 2. The highest BCUT2D eigenvalue weighted by Crippen LogP contribution is 2.36. The van der Waals surface area contributed by atoms with E-state index in [2.05, 4.69) is 29.0 Å². The van der Waals surface area contributed by atoms with E-state index in [1.54, 1.807) is 0 Å². The van der Waals surface area contributed by atoms with Crippen LogP contribution in [-0.4, -0.2) is 42.8 Å². The molecule has 5 nitrogen and oxygen atoms in total. The molecular weight excluding hydrogens is 298 g/mol. The smallest absolute Gasteiger partial charge is 0.176 e. The number of nitrogens with zero attached hydrogens (tertiary/aromatic N) is 4. The molecule has 0 aromatic heterocycles. The normalized spacial score (nSPS) is 19.8. The summed E-state index contributed by atoms with van der Waals surface area (Å²) in [6, 6.07) is 5.94. The molecule has 0 spiro atoms. The van der Waals surface area contributed by atoms with Gasteiger partial charge in [-0.3, -0.25) is 9.89 Å². The third-order valence-electron chi connectivity index (χ3n) is 3.75. The molecule has 3 rings (SSSR count). The Morgan fingerprint density at radius 3 is 3.05 bits per heavy atom. The van der Waals surface area contributed by atoms with Crippen LogP contribution in [0.3, 0.4) is 0 Å². The number of hydrogen-bond donors (Lipinski definition) is 1. The number of nitrogens with two attached hydrogens (primary N) is 1. The average molecular weight is 318 g/mol. The molecule has 0 amide bonds. The highest BCUT2D eigenvalue weighted by Gasteiger charge is 2.29. The Labute approximate surface area is 135 Å². The molecule has 1 atom stereocenters. The first kappa shape index (κ1) is 15.1. The fourth-order valence-electron chi connectivity index (χ4n) is 2.62. The lowest BCUT2D eigenvalue weighted by Gasteiger charge is -2.32. The predicted octanol–water partition coefficient (Wildman–Crippen LogP) is 2.78. The van der Waals surface area contributed by atoms with Crippen LogP contribution in [-0.2, 0) is 0 Å². The van der Waals surface area contributed by atoms with Gasteiger partial charge in [0, 0.05) is 31.4 Å². The summed E-state index contributed by atoms with van der Waals surface area (Å²) in [5, 5.41) is 0.692. The summed E-state index contributed by atoms with van der Waals surface area (Å²) < 4.78 is 0. The third kappa shape index (κ3) is 2.74. The van der Waals surface area contributed by atoms with Crippen molar-refractivity contribution in [1.82, 2.24) is 4.90 Å². The van der Waals surface area contributed by atoms with Crippen molar-refractivity contribution in [2.45, 2.75) is 19.4 Å². The van der Waals surface area contributed by atoms with Gasteiger partial charge in [-0.15, -0.1) is 0 Å². The first-order valence-electron chi connectivity index (χ1n) is 7.43. The molecule has 0 saturated heterocycles. The zero-order valence-corrected chi connectivity index (χ0v) is 13.6. The van der Waals surface area contributed by atoms with E-state index in [1.165, 1.54) is 0 Å². The monoisotopic (exact) mass is 317 g/mol. The second-order valence-electron chi connectivity index (χ2n) is 5.57. The minimum absolute atomic E-state index is 0.216. The lowest BCUT2D eigenvalue weighted by Crippen LogP contribution is -2.45. The van der Waals surface area contributed by atoms with E-state index in [0.29, 0.717) is 11.6 Å². The highest BCUT2D eigenvalue weighted by molar-refractivity contribution is 6.47. The maximum atomic E-state index is 6.16. The molecule has 2 aliphatic rings. The van der Waals surface area contributed by atoms with E-state index >= 15 is 0 Å². The van der Waals surface area contributed by atoms with Gasteiger partial charge >= 0.3 is 0 Å². The second-order valence-corrected chi connectivity index (χ2v) is 6.01. The molecule has 2 aliphatic heterocycles. The van der Waals surface area contributed by atoms with Crippen molar-refractivity contribution >= 4 is 34.6 Å². The van der Waals surface area contributed by atoms with E-state index in [-0.39, 0.29) is 6.04 Å². The molecule has 116 valence electrons. The molecule has 2 heterocycles. The Hall–Kier alpha value is -1.85. The predicted molar refractivity (Wildman–Crippen MR) is 93.4 cm³/mol. The van der Waals surface area contributed by atoms with Crippen molar-refractivity contribution in [1.29, 1.82) is 0 Å². The minimum atomic E-state index is 0.216. The van der Waals surface area contributed by atoms with E-state index in [1.807, 2.05) is 25.2 Å². The standard InChI is InChI=1S/C16H20ClN5/c1-11-4-3-8-22-14-10-12(17)5-6-13(14)20-15(16(22)19-11)21(2)9-7-18/h3,5-6,8,10-11H,4,7,9,18H2,1-2H3. The maximum Gasteiger partial charge on any atom is 0.176 e. The number of fused-ring (bicyclic) bond motifs is 3. The Morgan fingerprint density at radius 2 is 2.27 bits per heavy atom. The lowest BCUT2D eigenvalue weighted by molar-refractivity contribution is 0.520. The van der Waals surface area contributed by atoms with Crippen LogP contribution in [0.25, 0.3) is 0 Å². The van der Waals surface area contributed by atoms with Crippen LogP contribution in [0, 0.1) is 0 Å². The van der Waals surface area contributed by atoms with Crippen LogP contribution in [0.1, 0.15) is 13.3 Å². The number of aliphatic imine (C=N–C) groups is 2. The zero-order valence-electron chi connectivity index (χ0n) is 12.8. The van der Waals surface area contributed by atoms with Gasteiger partial charge in [-0.25, -0.2) is 4.99 Å². The SMILES string of the molecule is CC1CC=CN2C(=N1)C(N(C)CCN)=Nc1ccc(Cl)cc12. The second kappa shape index (κ2) is 6.10. The molecule has 1 aromatic carbocycles. The number of anilines is 1. The quantitative estimate of drug-likeness (QED) is 0.912. The zero-order chi connectivity index (χ0) is 15.7. The van der Waals surface area contributed by atoms with Crippen LogP contribution in [0.15, 0.2) is 40.5 Å². The molecular formula is C16H20ClN5. The number of halogens is 1. The minimum Gasteiger partial charge on any atom is -0.355 e. The lowest BCUT2D eigenvalue weighted by atomic mass is 10.2. The van der Waals surface area contributed by atoms with Crippen molar-refractivity contribution in [3.63, 3.8) is 0 Å². The first-order chi connectivity index (χ1) is 10.6. The van der Waals surface area contributed by atoms with Crippen LogP contribution in [0.2, 0.25) is 5.02 Å². The van der Waals surface area contributed by atoms with E-state index in [9.17, 15) is 0 Å². The molecule has 0 saturated carbocycles. The van der Waals surface area contributed by atoms with E-state index < -0.39 is 0 Å². The summed E-state index contributed by atoms with van der Waals surface area (Å²) in [4.78, 5) is 13.7. The van der Waals surface area contributed by atoms with Crippen molar-refractivity contribution in [3.05, 3.63) is 35.5 Å². The van der Waals surface area contributed by atoms with Gasteiger partial charge in [-0.2, -0.15) is 0 Å². The maximum absolute atomic E-state index is 6.16. The summed E-state index contributed by atoms with van der Waals surface area (Å²) in [6.07, 6.45) is 5.10. The molecule has 6 heteroatoms.